The van der Waals surface area contributed by atoms with Gasteiger partial charge in [0.15, 0.2) is 0 Å². The Balaban J connectivity index is 3.28. The Morgan fingerprint density at radius 3 is 2.34 bits per heavy atom. The van der Waals surface area contributed by atoms with Gasteiger partial charge in [-0.25, -0.2) is 4.39 Å². The van der Waals surface area contributed by atoms with E-state index in [1.807, 2.05) is 0 Å². The van der Waals surface area contributed by atoms with Crippen molar-refractivity contribution in [2.45, 2.75) is 98.6 Å². The van der Waals surface area contributed by atoms with Gasteiger partial charge in [-0.05, 0) is 74.7 Å². The van der Waals surface area contributed by atoms with Crippen LogP contribution in [0, 0.1) is 5.92 Å². The number of unbranched alkanes of at least 4 members (excludes halogenated alkanes) is 2. The van der Waals surface area contributed by atoms with Gasteiger partial charge in [0.05, 0.1) is 0 Å². The zero-order chi connectivity index (χ0) is 21.9. The summed E-state index contributed by atoms with van der Waals surface area (Å²) in [5.74, 6) is -0.287. The minimum atomic E-state index is -1.34. The third-order valence-electron chi connectivity index (χ3n) is 5.48. The van der Waals surface area contributed by atoms with Crippen LogP contribution in [-0.4, -0.2) is 5.67 Å². The maximum atomic E-state index is 15.3. The van der Waals surface area contributed by atoms with Crippen molar-refractivity contribution < 1.29 is 4.39 Å². The normalized spacial score (nSPS) is 20.0. The van der Waals surface area contributed by atoms with Crippen LogP contribution in [0.2, 0.25) is 0 Å². The van der Waals surface area contributed by atoms with Crippen LogP contribution >= 0.6 is 0 Å². The molecule has 0 saturated heterocycles. The lowest BCUT2D eigenvalue weighted by molar-refractivity contribution is 0.174. The van der Waals surface area contributed by atoms with Crippen molar-refractivity contribution in [2.75, 3.05) is 0 Å². The number of halogens is 1. The third kappa shape index (κ3) is 8.33. The highest BCUT2D eigenvalue weighted by Crippen LogP contribution is 2.41. The zero-order valence-electron chi connectivity index (χ0n) is 19.8. The average molecular weight is 399 g/mol. The van der Waals surface area contributed by atoms with E-state index in [0.717, 1.165) is 43.3 Å². The van der Waals surface area contributed by atoms with Crippen molar-refractivity contribution in [1.82, 2.24) is 0 Å². The largest absolute Gasteiger partial charge is 0.243 e. The topological polar surface area (TPSA) is 0 Å². The molecule has 0 heterocycles. The van der Waals surface area contributed by atoms with Crippen LogP contribution in [0.15, 0.2) is 70.9 Å². The molecule has 0 aliphatic heterocycles. The number of hydrogen-bond acceptors (Lipinski definition) is 0. The molecular formula is C28H43F. The van der Waals surface area contributed by atoms with Gasteiger partial charge >= 0.3 is 0 Å². The molecule has 0 bridgehead atoms. The Bertz CT molecular complexity index is 674. The van der Waals surface area contributed by atoms with Gasteiger partial charge in [-0.1, -0.05) is 89.1 Å². The summed E-state index contributed by atoms with van der Waals surface area (Å²) in [5, 5.41) is 0. The first kappa shape index (κ1) is 25.4. The molecule has 0 aromatic rings. The highest BCUT2D eigenvalue weighted by molar-refractivity contribution is 5.55. The van der Waals surface area contributed by atoms with Crippen LogP contribution in [0.5, 0.6) is 0 Å². The highest BCUT2D eigenvalue weighted by atomic mass is 19.1. The van der Waals surface area contributed by atoms with Crippen molar-refractivity contribution in [2.24, 2.45) is 5.92 Å². The highest BCUT2D eigenvalue weighted by Gasteiger charge is 2.33. The molecule has 0 aromatic carbocycles. The Hall–Kier alpha value is -1.63. The van der Waals surface area contributed by atoms with Crippen molar-refractivity contribution >= 4 is 0 Å². The molecule has 1 aliphatic carbocycles. The molecule has 0 radical (unpaired) electrons. The van der Waals surface area contributed by atoms with Gasteiger partial charge in [-0.3, -0.25) is 0 Å². The van der Waals surface area contributed by atoms with Crippen LogP contribution in [0.1, 0.15) is 92.9 Å². The van der Waals surface area contributed by atoms with E-state index in [2.05, 4.69) is 70.7 Å². The van der Waals surface area contributed by atoms with Crippen molar-refractivity contribution in [1.29, 1.82) is 0 Å². The van der Waals surface area contributed by atoms with Gasteiger partial charge < -0.3 is 0 Å². The maximum absolute atomic E-state index is 15.3. The number of hydrogen-bond donors (Lipinski definition) is 0. The van der Waals surface area contributed by atoms with E-state index >= 15 is 4.39 Å². The smallest absolute Gasteiger partial charge is 0.115 e. The lowest BCUT2D eigenvalue weighted by Gasteiger charge is -2.32. The van der Waals surface area contributed by atoms with Crippen LogP contribution in [0.3, 0.4) is 0 Å². The molecule has 0 spiro atoms. The van der Waals surface area contributed by atoms with Crippen LogP contribution in [0.4, 0.5) is 4.39 Å². The summed E-state index contributed by atoms with van der Waals surface area (Å²) in [6.07, 6.45) is 21.8. The fourth-order valence-corrected chi connectivity index (χ4v) is 3.97. The van der Waals surface area contributed by atoms with Gasteiger partial charge in [-0.2, -0.15) is 0 Å². The molecule has 1 rings (SSSR count). The molecule has 0 nitrogen and oxygen atoms in total. The lowest BCUT2D eigenvalue weighted by atomic mass is 9.75. The Morgan fingerprint density at radius 2 is 1.79 bits per heavy atom. The second-order valence-corrected chi connectivity index (χ2v) is 8.63. The molecule has 0 saturated carbocycles. The summed E-state index contributed by atoms with van der Waals surface area (Å²) < 4.78 is 15.3. The second-order valence-electron chi connectivity index (χ2n) is 8.63. The molecule has 1 unspecified atom stereocenters. The van der Waals surface area contributed by atoms with E-state index in [9.17, 15) is 0 Å². The lowest BCUT2D eigenvalue weighted by Crippen LogP contribution is -2.28. The van der Waals surface area contributed by atoms with E-state index in [0.29, 0.717) is 0 Å². The van der Waals surface area contributed by atoms with E-state index < -0.39 is 5.67 Å². The Kier molecular flexibility index (Phi) is 11.2. The molecule has 0 amide bonds. The average Bonchev–Trinajstić information content (AvgIpc) is 2.64. The number of rotatable bonds is 11. The first-order valence-corrected chi connectivity index (χ1v) is 11.6. The predicted molar refractivity (Wildman–Crippen MR) is 129 cm³/mol. The van der Waals surface area contributed by atoms with E-state index in [-0.39, 0.29) is 5.92 Å². The second kappa shape index (κ2) is 12.8. The summed E-state index contributed by atoms with van der Waals surface area (Å²) in [5.41, 5.74) is 4.65. The number of alkyl halides is 1. The fraction of sp³-hybridized carbons (Fsp3) is 0.571. The fourth-order valence-electron chi connectivity index (χ4n) is 3.97. The van der Waals surface area contributed by atoms with E-state index in [4.69, 9.17) is 0 Å². The van der Waals surface area contributed by atoms with E-state index in [1.54, 1.807) is 13.8 Å². The molecule has 1 atom stereocenters. The minimum Gasteiger partial charge on any atom is -0.243 e. The number of allylic oxidation sites excluding steroid dienone is 11. The third-order valence-corrected chi connectivity index (χ3v) is 5.48. The summed E-state index contributed by atoms with van der Waals surface area (Å²) in [6.45, 7) is 16.4. The standard InChI is InChI=1S/C28H43F/c1-8-12-13-17-23(14-9-2)18-19-27(28(6,7)29)26-21-25(16-11-4)24(15-10-3)20-22(26)5/h14-16,18-19,21,27H,5,8-13,17,20H2,1-4,6-7H3/b19-18-,23-14-,24-15-,25-16-. The molecule has 0 fully saturated rings. The summed E-state index contributed by atoms with van der Waals surface area (Å²) in [7, 11) is 0. The SMILES string of the molecule is C=C1CC(=C/CC)/C(=C\CC)C=C1C(/C=C\C(=C/CC)CCCCC)C(C)(C)F. The van der Waals surface area contributed by atoms with Gasteiger partial charge in [0.25, 0.3) is 0 Å². The van der Waals surface area contributed by atoms with Gasteiger partial charge in [-0.15, -0.1) is 0 Å². The van der Waals surface area contributed by atoms with Crippen molar-refractivity contribution in [3.8, 4) is 0 Å². The quantitative estimate of drug-likeness (QED) is 0.240. The van der Waals surface area contributed by atoms with E-state index in [1.165, 1.54) is 36.0 Å². The van der Waals surface area contributed by atoms with Crippen LogP contribution < -0.4 is 0 Å². The monoisotopic (exact) mass is 398 g/mol. The van der Waals surface area contributed by atoms with Crippen LogP contribution in [-0.2, 0) is 0 Å². The Morgan fingerprint density at radius 1 is 1.10 bits per heavy atom. The molecule has 29 heavy (non-hydrogen) atoms. The first-order valence-electron chi connectivity index (χ1n) is 11.6. The minimum absolute atomic E-state index is 0.287. The molecule has 1 heteroatoms. The van der Waals surface area contributed by atoms with Crippen molar-refractivity contribution in [3.05, 3.63) is 70.9 Å². The first-order chi connectivity index (χ1) is 13.8. The summed E-state index contributed by atoms with van der Waals surface area (Å²) in [6, 6.07) is 0. The Labute approximate surface area is 180 Å². The predicted octanol–water partition coefficient (Wildman–Crippen LogP) is 9.38. The van der Waals surface area contributed by atoms with Crippen LogP contribution in [0.25, 0.3) is 0 Å². The zero-order valence-corrected chi connectivity index (χ0v) is 19.8. The maximum Gasteiger partial charge on any atom is 0.115 e. The van der Waals surface area contributed by atoms with Gasteiger partial charge in [0.2, 0.25) is 0 Å². The van der Waals surface area contributed by atoms with Gasteiger partial charge in [0.1, 0.15) is 5.67 Å². The molecular weight excluding hydrogens is 355 g/mol. The molecule has 0 aromatic heterocycles. The molecule has 1 aliphatic rings. The molecule has 162 valence electrons. The molecule has 0 N–H and O–H groups in total. The summed E-state index contributed by atoms with van der Waals surface area (Å²) >= 11 is 0. The van der Waals surface area contributed by atoms with Gasteiger partial charge in [0, 0.05) is 5.92 Å². The summed E-state index contributed by atoms with van der Waals surface area (Å²) in [4.78, 5) is 0. The van der Waals surface area contributed by atoms with Crippen molar-refractivity contribution in [3.63, 3.8) is 0 Å².